The van der Waals surface area contributed by atoms with E-state index in [1.165, 1.54) is 13.0 Å². The van der Waals surface area contributed by atoms with Gasteiger partial charge in [-0.15, -0.1) is 0 Å². The van der Waals surface area contributed by atoms with Crippen molar-refractivity contribution in [2.24, 2.45) is 0 Å². The highest BCUT2D eigenvalue weighted by Crippen LogP contribution is 2.13. The third-order valence-electron chi connectivity index (χ3n) is 4.39. The Balaban J connectivity index is 1.78. The molecule has 0 unspecified atom stereocenters. The lowest BCUT2D eigenvalue weighted by molar-refractivity contribution is -0.118. The highest BCUT2D eigenvalue weighted by atomic mass is 16.2. The van der Waals surface area contributed by atoms with Crippen LogP contribution in [0.25, 0.3) is 12.2 Å². The van der Waals surface area contributed by atoms with E-state index in [-0.39, 0.29) is 11.5 Å². The summed E-state index contributed by atoms with van der Waals surface area (Å²) in [6.07, 6.45) is 4.66. The van der Waals surface area contributed by atoms with E-state index in [4.69, 9.17) is 0 Å². The zero-order valence-corrected chi connectivity index (χ0v) is 17.0. The van der Waals surface area contributed by atoms with Crippen LogP contribution in [0.1, 0.15) is 28.4 Å². The van der Waals surface area contributed by atoms with E-state index in [2.05, 4.69) is 10.6 Å². The number of ketones is 1. The maximum Gasteiger partial charge on any atom is 0.272 e. The maximum absolute atomic E-state index is 12.9. The van der Waals surface area contributed by atoms with Gasteiger partial charge in [-0.1, -0.05) is 60.7 Å². The van der Waals surface area contributed by atoms with Crippen molar-refractivity contribution >= 4 is 35.4 Å². The van der Waals surface area contributed by atoms with Crippen molar-refractivity contribution in [3.63, 3.8) is 0 Å². The zero-order valence-electron chi connectivity index (χ0n) is 17.0. The minimum Gasteiger partial charge on any atom is -0.321 e. The Bertz CT molecular complexity index is 1120. The van der Waals surface area contributed by atoms with Crippen molar-refractivity contribution < 1.29 is 14.4 Å². The van der Waals surface area contributed by atoms with Gasteiger partial charge in [0.2, 0.25) is 5.91 Å². The Kier molecular flexibility index (Phi) is 7.27. The van der Waals surface area contributed by atoms with Crippen LogP contribution in [-0.4, -0.2) is 17.6 Å². The smallest absolute Gasteiger partial charge is 0.272 e. The molecular formula is C26H22N2O3. The first kappa shape index (κ1) is 21.5. The number of carbonyl (C=O) groups excluding carboxylic acids is 3. The molecule has 0 aliphatic heterocycles. The zero-order chi connectivity index (χ0) is 22.1. The van der Waals surface area contributed by atoms with E-state index >= 15 is 0 Å². The van der Waals surface area contributed by atoms with E-state index < -0.39 is 11.8 Å². The van der Waals surface area contributed by atoms with Gasteiger partial charge < -0.3 is 10.6 Å². The highest BCUT2D eigenvalue weighted by molar-refractivity contribution is 6.10. The molecule has 2 N–H and O–H groups in total. The van der Waals surface area contributed by atoms with Gasteiger partial charge in [-0.2, -0.15) is 0 Å². The van der Waals surface area contributed by atoms with E-state index in [0.29, 0.717) is 11.3 Å². The number of amides is 2. The fourth-order valence-electron chi connectivity index (χ4n) is 2.77. The molecule has 0 aromatic heterocycles. The molecule has 3 aromatic carbocycles. The van der Waals surface area contributed by atoms with Gasteiger partial charge in [0.1, 0.15) is 5.70 Å². The van der Waals surface area contributed by atoms with Crippen molar-refractivity contribution in [3.8, 4) is 0 Å². The molecule has 0 aliphatic carbocycles. The molecular weight excluding hydrogens is 388 g/mol. The molecule has 0 saturated carbocycles. The van der Waals surface area contributed by atoms with Crippen LogP contribution in [0.2, 0.25) is 0 Å². The lowest BCUT2D eigenvalue weighted by Crippen LogP contribution is -2.29. The van der Waals surface area contributed by atoms with Gasteiger partial charge in [-0.25, -0.2) is 0 Å². The molecule has 0 fully saturated rings. The van der Waals surface area contributed by atoms with E-state index in [1.807, 2.05) is 60.7 Å². The first-order valence-corrected chi connectivity index (χ1v) is 9.74. The summed E-state index contributed by atoms with van der Waals surface area (Å²) in [4.78, 5) is 36.7. The number of hydrogen-bond donors (Lipinski definition) is 2. The summed E-state index contributed by atoms with van der Waals surface area (Å²) >= 11 is 0. The summed E-state index contributed by atoms with van der Waals surface area (Å²) < 4.78 is 0. The molecule has 154 valence electrons. The van der Waals surface area contributed by atoms with Crippen LogP contribution in [0.4, 0.5) is 5.69 Å². The summed E-state index contributed by atoms with van der Waals surface area (Å²) in [7, 11) is 0. The Morgan fingerprint density at radius 3 is 1.90 bits per heavy atom. The van der Waals surface area contributed by atoms with Crippen molar-refractivity contribution in [2.75, 3.05) is 5.32 Å². The summed E-state index contributed by atoms with van der Waals surface area (Å²) in [5, 5.41) is 5.40. The first-order valence-electron chi connectivity index (χ1n) is 9.74. The standard InChI is InChI=1S/C26H22N2O3/c1-19(29)22-13-15-23(16-14-22)27-26(31)24(18-21-10-6-3-7-11-21)28-25(30)17-12-20-8-4-2-5-9-20/h2-18H,1H3,(H,27,31)(H,28,30)/b17-12+,24-18-. The third-order valence-corrected chi connectivity index (χ3v) is 4.39. The Hall–Kier alpha value is -4.25. The molecule has 0 heterocycles. The second-order valence-electron chi connectivity index (χ2n) is 6.79. The molecule has 5 nitrogen and oxygen atoms in total. The molecule has 0 aliphatic rings. The number of anilines is 1. The Morgan fingerprint density at radius 1 is 0.742 bits per heavy atom. The number of benzene rings is 3. The molecule has 0 radical (unpaired) electrons. The highest BCUT2D eigenvalue weighted by Gasteiger charge is 2.13. The van der Waals surface area contributed by atoms with Crippen LogP contribution in [0.5, 0.6) is 0 Å². The molecule has 31 heavy (non-hydrogen) atoms. The van der Waals surface area contributed by atoms with Crippen molar-refractivity contribution in [1.82, 2.24) is 5.32 Å². The lowest BCUT2D eigenvalue weighted by Gasteiger charge is -2.10. The normalized spacial score (nSPS) is 11.2. The van der Waals surface area contributed by atoms with Crippen LogP contribution in [0, 0.1) is 0 Å². The topological polar surface area (TPSA) is 75.3 Å². The van der Waals surface area contributed by atoms with Gasteiger partial charge >= 0.3 is 0 Å². The molecule has 0 atom stereocenters. The van der Waals surface area contributed by atoms with Crippen LogP contribution in [0.15, 0.2) is 96.7 Å². The summed E-state index contributed by atoms with van der Waals surface area (Å²) in [6.45, 7) is 1.48. The van der Waals surface area contributed by atoms with E-state index in [0.717, 1.165) is 11.1 Å². The monoisotopic (exact) mass is 410 g/mol. The number of rotatable bonds is 7. The molecule has 0 spiro atoms. The summed E-state index contributed by atoms with van der Waals surface area (Å²) in [5.74, 6) is -0.950. The van der Waals surface area contributed by atoms with Crippen molar-refractivity contribution in [2.45, 2.75) is 6.92 Å². The lowest BCUT2D eigenvalue weighted by atomic mass is 10.1. The second kappa shape index (κ2) is 10.5. The van der Waals surface area contributed by atoms with Crippen LogP contribution < -0.4 is 10.6 Å². The third kappa shape index (κ3) is 6.65. The predicted octanol–water partition coefficient (Wildman–Crippen LogP) is 4.70. The molecule has 3 aromatic rings. The van der Waals surface area contributed by atoms with Crippen molar-refractivity contribution in [3.05, 3.63) is 113 Å². The quantitative estimate of drug-likeness (QED) is 0.438. The van der Waals surface area contributed by atoms with Crippen LogP contribution in [0.3, 0.4) is 0 Å². The molecule has 3 rings (SSSR count). The van der Waals surface area contributed by atoms with Gasteiger partial charge in [0.25, 0.3) is 5.91 Å². The van der Waals surface area contributed by atoms with Gasteiger partial charge in [0, 0.05) is 17.3 Å². The van der Waals surface area contributed by atoms with Gasteiger partial charge in [0.15, 0.2) is 5.78 Å². The van der Waals surface area contributed by atoms with Gasteiger partial charge in [0.05, 0.1) is 0 Å². The molecule has 0 saturated heterocycles. The van der Waals surface area contributed by atoms with Crippen LogP contribution >= 0.6 is 0 Å². The minimum absolute atomic E-state index is 0.0556. The second-order valence-corrected chi connectivity index (χ2v) is 6.79. The van der Waals surface area contributed by atoms with Gasteiger partial charge in [-0.3, -0.25) is 14.4 Å². The fourth-order valence-corrected chi connectivity index (χ4v) is 2.77. The van der Waals surface area contributed by atoms with E-state index in [1.54, 1.807) is 36.4 Å². The number of carbonyl (C=O) groups is 3. The predicted molar refractivity (Wildman–Crippen MR) is 123 cm³/mol. The SMILES string of the molecule is CC(=O)c1ccc(NC(=O)/C(=C/c2ccccc2)NC(=O)/C=C/c2ccccc2)cc1. The number of hydrogen-bond acceptors (Lipinski definition) is 3. The Morgan fingerprint density at radius 2 is 1.32 bits per heavy atom. The fraction of sp³-hybridized carbons (Fsp3) is 0.0385. The summed E-state index contributed by atoms with van der Waals surface area (Å²) in [5.41, 5.74) is 2.82. The largest absolute Gasteiger partial charge is 0.321 e. The molecule has 0 bridgehead atoms. The van der Waals surface area contributed by atoms with Crippen LogP contribution in [-0.2, 0) is 9.59 Å². The summed E-state index contributed by atoms with van der Waals surface area (Å²) in [6, 6.07) is 25.2. The first-order chi connectivity index (χ1) is 15.0. The average Bonchev–Trinajstić information content (AvgIpc) is 2.79. The van der Waals surface area contributed by atoms with Gasteiger partial charge in [-0.05, 0) is 54.5 Å². The Labute approximate surface area is 181 Å². The number of Topliss-reactive ketones (excluding diaryl/α,β-unsaturated/α-hetero) is 1. The molecule has 2 amide bonds. The molecule has 5 heteroatoms. The average molecular weight is 410 g/mol. The van der Waals surface area contributed by atoms with Crippen molar-refractivity contribution in [1.29, 1.82) is 0 Å². The number of nitrogens with one attached hydrogen (secondary N) is 2. The maximum atomic E-state index is 12.9. The van der Waals surface area contributed by atoms with E-state index in [9.17, 15) is 14.4 Å². The minimum atomic E-state index is -0.471.